The van der Waals surface area contributed by atoms with Gasteiger partial charge in [-0.25, -0.2) is 0 Å². The van der Waals surface area contributed by atoms with Crippen LogP contribution in [0.4, 0.5) is 0 Å². The van der Waals surface area contributed by atoms with Gasteiger partial charge in [-0.3, -0.25) is 4.79 Å². The third kappa shape index (κ3) is 3.29. The van der Waals surface area contributed by atoms with E-state index in [9.17, 15) is 4.79 Å². The number of ether oxygens (including phenoxy) is 2. The molecular formula is C11H20O3. The van der Waals surface area contributed by atoms with Gasteiger partial charge in [-0.15, -0.1) is 0 Å². The predicted molar refractivity (Wildman–Crippen MR) is 54.0 cm³/mol. The first kappa shape index (κ1) is 11.5. The molecule has 0 bridgehead atoms. The quantitative estimate of drug-likeness (QED) is 0.608. The topological polar surface area (TPSA) is 35.5 Å². The van der Waals surface area contributed by atoms with Crippen molar-refractivity contribution in [2.45, 2.75) is 52.2 Å². The Labute approximate surface area is 85.8 Å². The lowest BCUT2D eigenvalue weighted by molar-refractivity contribution is -0.168. The van der Waals surface area contributed by atoms with Gasteiger partial charge >= 0.3 is 5.97 Å². The minimum atomic E-state index is -0.395. The summed E-state index contributed by atoms with van der Waals surface area (Å²) in [6.07, 6.45) is 1.84. The molecule has 1 saturated heterocycles. The molecule has 0 amide bonds. The Morgan fingerprint density at radius 2 is 2.07 bits per heavy atom. The molecule has 14 heavy (non-hydrogen) atoms. The highest BCUT2D eigenvalue weighted by molar-refractivity contribution is 5.73. The molecule has 2 atom stereocenters. The van der Waals surface area contributed by atoms with E-state index in [0.717, 1.165) is 19.4 Å². The molecule has 3 nitrogen and oxygen atoms in total. The molecule has 0 aromatic carbocycles. The lowest BCUT2D eigenvalue weighted by Gasteiger charge is -2.30. The van der Waals surface area contributed by atoms with Crippen molar-refractivity contribution in [2.24, 2.45) is 5.92 Å². The van der Waals surface area contributed by atoms with Crippen LogP contribution in [0.3, 0.4) is 0 Å². The molecule has 0 saturated carbocycles. The van der Waals surface area contributed by atoms with Gasteiger partial charge in [0.05, 0.1) is 12.0 Å². The Bertz CT molecular complexity index is 205. The fraction of sp³-hybridized carbons (Fsp3) is 0.909. The van der Waals surface area contributed by atoms with E-state index in [1.54, 1.807) is 0 Å². The molecule has 0 N–H and O–H groups in total. The first-order chi connectivity index (χ1) is 6.40. The molecule has 0 aliphatic carbocycles. The molecule has 1 aliphatic heterocycles. The fourth-order valence-electron chi connectivity index (χ4n) is 1.61. The minimum Gasteiger partial charge on any atom is -0.460 e. The van der Waals surface area contributed by atoms with Crippen LogP contribution in [0, 0.1) is 5.92 Å². The van der Waals surface area contributed by atoms with Crippen LogP contribution in [0.15, 0.2) is 0 Å². The van der Waals surface area contributed by atoms with Crippen LogP contribution in [-0.2, 0) is 14.3 Å². The van der Waals surface area contributed by atoms with Gasteiger partial charge < -0.3 is 9.47 Å². The molecule has 3 heteroatoms. The second-order valence-corrected chi connectivity index (χ2v) is 4.86. The Morgan fingerprint density at radius 1 is 1.43 bits per heavy atom. The average Bonchev–Trinajstić information content (AvgIpc) is 2.01. The van der Waals surface area contributed by atoms with Gasteiger partial charge in [0.15, 0.2) is 0 Å². The maximum atomic E-state index is 11.7. The number of carbonyl (C=O) groups is 1. The molecular weight excluding hydrogens is 180 g/mol. The number of carbonyl (C=O) groups excluding carboxylic acids is 1. The highest BCUT2D eigenvalue weighted by Crippen LogP contribution is 2.23. The van der Waals surface area contributed by atoms with Crippen molar-refractivity contribution in [3.05, 3.63) is 0 Å². The van der Waals surface area contributed by atoms with Gasteiger partial charge in [0.2, 0.25) is 0 Å². The molecule has 0 spiro atoms. The van der Waals surface area contributed by atoms with Crippen LogP contribution in [-0.4, -0.2) is 24.3 Å². The molecule has 0 aromatic heterocycles. The summed E-state index contributed by atoms with van der Waals surface area (Å²) in [5.74, 6) is -0.201. The van der Waals surface area contributed by atoms with E-state index in [0.29, 0.717) is 0 Å². The maximum absolute atomic E-state index is 11.7. The third-order valence-corrected chi connectivity index (χ3v) is 2.32. The second kappa shape index (κ2) is 4.30. The normalized spacial score (nSPS) is 28.6. The first-order valence-electron chi connectivity index (χ1n) is 5.24. The van der Waals surface area contributed by atoms with E-state index in [-0.39, 0.29) is 18.0 Å². The van der Waals surface area contributed by atoms with Crippen molar-refractivity contribution in [1.82, 2.24) is 0 Å². The van der Waals surface area contributed by atoms with Crippen LogP contribution < -0.4 is 0 Å². The van der Waals surface area contributed by atoms with E-state index >= 15 is 0 Å². The van der Waals surface area contributed by atoms with Crippen LogP contribution in [0.25, 0.3) is 0 Å². The Morgan fingerprint density at radius 3 is 2.57 bits per heavy atom. The second-order valence-electron chi connectivity index (χ2n) is 4.86. The molecule has 2 unspecified atom stereocenters. The fourth-order valence-corrected chi connectivity index (χ4v) is 1.61. The minimum absolute atomic E-state index is 0.00130. The summed E-state index contributed by atoms with van der Waals surface area (Å²) >= 11 is 0. The Balaban J connectivity index is 2.50. The van der Waals surface area contributed by atoms with Crippen molar-refractivity contribution in [1.29, 1.82) is 0 Å². The number of hydrogen-bond donors (Lipinski definition) is 0. The first-order valence-corrected chi connectivity index (χ1v) is 5.24. The van der Waals surface area contributed by atoms with Crippen LogP contribution in [0.5, 0.6) is 0 Å². The summed E-state index contributed by atoms with van der Waals surface area (Å²) < 4.78 is 10.8. The number of rotatable bonds is 1. The average molecular weight is 200 g/mol. The summed E-state index contributed by atoms with van der Waals surface area (Å²) in [7, 11) is 0. The molecule has 0 radical (unpaired) electrons. The van der Waals surface area contributed by atoms with Crippen molar-refractivity contribution >= 4 is 5.97 Å². The van der Waals surface area contributed by atoms with E-state index < -0.39 is 5.60 Å². The van der Waals surface area contributed by atoms with Crippen LogP contribution in [0.1, 0.15) is 40.5 Å². The molecule has 0 aromatic rings. The van der Waals surface area contributed by atoms with E-state index in [1.165, 1.54) is 0 Å². The van der Waals surface area contributed by atoms with Gasteiger partial charge in [-0.1, -0.05) is 0 Å². The zero-order valence-electron chi connectivity index (χ0n) is 9.50. The van der Waals surface area contributed by atoms with Gasteiger partial charge in [0.25, 0.3) is 0 Å². The zero-order valence-corrected chi connectivity index (χ0v) is 9.50. The molecule has 1 fully saturated rings. The number of esters is 1. The van der Waals surface area contributed by atoms with Crippen LogP contribution in [0.2, 0.25) is 0 Å². The van der Waals surface area contributed by atoms with Gasteiger partial charge in [-0.2, -0.15) is 0 Å². The summed E-state index contributed by atoms with van der Waals surface area (Å²) in [5, 5.41) is 0. The highest BCUT2D eigenvalue weighted by Gasteiger charge is 2.32. The molecule has 1 aliphatic rings. The summed E-state index contributed by atoms with van der Waals surface area (Å²) in [4.78, 5) is 11.7. The SMILES string of the molecule is CC1OCCCC1C(=O)OC(C)(C)C. The van der Waals surface area contributed by atoms with E-state index in [2.05, 4.69) is 0 Å². The van der Waals surface area contributed by atoms with Crippen molar-refractivity contribution in [3.63, 3.8) is 0 Å². The van der Waals surface area contributed by atoms with Crippen molar-refractivity contribution < 1.29 is 14.3 Å². The largest absolute Gasteiger partial charge is 0.460 e. The van der Waals surface area contributed by atoms with E-state index in [1.807, 2.05) is 27.7 Å². The van der Waals surface area contributed by atoms with Gasteiger partial charge in [0.1, 0.15) is 5.60 Å². The molecule has 82 valence electrons. The standard InChI is InChI=1S/C11H20O3/c1-8-9(6-5-7-13-8)10(12)14-11(2,3)4/h8-9H,5-7H2,1-4H3. The molecule has 1 heterocycles. The molecule has 1 rings (SSSR count). The number of hydrogen-bond acceptors (Lipinski definition) is 3. The Hall–Kier alpha value is -0.570. The maximum Gasteiger partial charge on any atom is 0.312 e. The lowest BCUT2D eigenvalue weighted by Crippen LogP contribution is -2.37. The summed E-state index contributed by atoms with van der Waals surface area (Å²) in [6, 6.07) is 0. The van der Waals surface area contributed by atoms with Gasteiger partial charge in [0, 0.05) is 6.61 Å². The monoisotopic (exact) mass is 200 g/mol. The highest BCUT2D eigenvalue weighted by atomic mass is 16.6. The summed E-state index contributed by atoms with van der Waals surface area (Å²) in [6.45, 7) is 8.37. The van der Waals surface area contributed by atoms with Crippen molar-refractivity contribution in [3.8, 4) is 0 Å². The van der Waals surface area contributed by atoms with E-state index in [4.69, 9.17) is 9.47 Å². The summed E-state index contributed by atoms with van der Waals surface area (Å²) in [5.41, 5.74) is -0.395. The van der Waals surface area contributed by atoms with Crippen LogP contribution >= 0.6 is 0 Å². The smallest absolute Gasteiger partial charge is 0.312 e. The van der Waals surface area contributed by atoms with Gasteiger partial charge in [-0.05, 0) is 40.5 Å². The zero-order chi connectivity index (χ0) is 10.8. The van der Waals surface area contributed by atoms with Crippen molar-refractivity contribution in [2.75, 3.05) is 6.61 Å². The third-order valence-electron chi connectivity index (χ3n) is 2.32. The predicted octanol–water partition coefficient (Wildman–Crippen LogP) is 2.14. The Kier molecular flexibility index (Phi) is 3.53. The lowest BCUT2D eigenvalue weighted by atomic mass is 9.95.